The van der Waals surface area contributed by atoms with Crippen molar-refractivity contribution in [3.63, 3.8) is 0 Å². The van der Waals surface area contributed by atoms with E-state index < -0.39 is 0 Å². The Morgan fingerprint density at radius 1 is 0.250 bits per heavy atom. The number of thiophene rings is 6. The highest BCUT2D eigenvalue weighted by Gasteiger charge is 2.28. The van der Waals surface area contributed by atoms with Crippen LogP contribution in [0.3, 0.4) is 0 Å². The van der Waals surface area contributed by atoms with E-state index in [0.717, 1.165) is 0 Å². The largest absolute Gasteiger partial charge is 0.151 e. The van der Waals surface area contributed by atoms with E-state index in [-0.39, 0.29) is 0 Å². The van der Waals surface area contributed by atoms with Gasteiger partial charge in [-0.2, -0.15) is 34.0 Å². The van der Waals surface area contributed by atoms with Crippen LogP contribution in [-0.4, -0.2) is 0 Å². The maximum Gasteiger partial charge on any atom is 0.0448 e. The summed E-state index contributed by atoms with van der Waals surface area (Å²) in [5, 5.41) is 39.9. The molecule has 6 aromatic heterocycles. The average Bonchev–Trinajstić information content (AvgIpc) is 3.97. The van der Waals surface area contributed by atoms with Crippen LogP contribution in [0, 0.1) is 0 Å². The second kappa shape index (κ2) is 8.90. The van der Waals surface area contributed by atoms with Crippen molar-refractivity contribution in [1.82, 2.24) is 0 Å². The smallest absolute Gasteiger partial charge is 0.0448 e. The lowest BCUT2D eigenvalue weighted by Crippen LogP contribution is -1.89. The molecule has 0 radical (unpaired) electrons. The minimum absolute atomic E-state index is 1.36. The van der Waals surface area contributed by atoms with Crippen LogP contribution in [0.2, 0.25) is 0 Å². The zero-order chi connectivity index (χ0) is 30.8. The van der Waals surface area contributed by atoms with E-state index >= 15 is 0 Å². The van der Waals surface area contributed by atoms with Gasteiger partial charge in [0.15, 0.2) is 0 Å². The summed E-state index contributed by atoms with van der Waals surface area (Å²) in [7, 11) is 0. The third-order valence-corrected chi connectivity index (χ3v) is 16.4. The minimum atomic E-state index is 1.36. The van der Waals surface area contributed by atoms with Gasteiger partial charge in [-0.1, -0.05) is 54.6 Å². The van der Waals surface area contributed by atoms with E-state index in [2.05, 4.69) is 105 Å². The van der Waals surface area contributed by atoms with Crippen LogP contribution < -0.4 is 0 Å². The van der Waals surface area contributed by atoms with Crippen molar-refractivity contribution in [2.75, 3.05) is 0 Å². The third kappa shape index (κ3) is 2.91. The van der Waals surface area contributed by atoms with Crippen LogP contribution >= 0.6 is 68.0 Å². The summed E-state index contributed by atoms with van der Waals surface area (Å²) >= 11 is 11.4. The Morgan fingerprint density at radius 3 is 0.875 bits per heavy atom. The van der Waals surface area contributed by atoms with Gasteiger partial charge in [-0.05, 0) is 34.3 Å². The van der Waals surface area contributed by atoms with E-state index in [1.54, 1.807) is 0 Å². The molecule has 13 aromatic rings. The van der Waals surface area contributed by atoms with Gasteiger partial charge in [-0.25, -0.2) is 0 Å². The molecule has 0 amide bonds. The predicted octanol–water partition coefficient (Wildman–Crippen LogP) is 15.9. The summed E-state index contributed by atoms with van der Waals surface area (Å²) in [5.74, 6) is 0. The number of rotatable bonds is 0. The Hall–Kier alpha value is -4.14. The molecule has 0 aliphatic heterocycles. The van der Waals surface area contributed by atoms with Gasteiger partial charge in [0.1, 0.15) is 0 Å². The van der Waals surface area contributed by atoms with Crippen LogP contribution in [-0.2, 0) is 0 Å². The molecule has 0 aliphatic rings. The van der Waals surface area contributed by atoms with E-state index in [4.69, 9.17) is 0 Å². The van der Waals surface area contributed by atoms with E-state index in [1.807, 2.05) is 68.0 Å². The minimum Gasteiger partial charge on any atom is -0.151 e. The van der Waals surface area contributed by atoms with Crippen LogP contribution in [0.15, 0.2) is 105 Å². The second-order valence-corrected chi connectivity index (χ2v) is 18.1. The lowest BCUT2D eigenvalue weighted by molar-refractivity contribution is 1.87. The zero-order valence-electron chi connectivity index (χ0n) is 24.8. The molecule has 0 saturated heterocycles. The Bertz CT molecular complexity index is 3170. The lowest BCUT2D eigenvalue weighted by Gasteiger charge is -2.18. The van der Waals surface area contributed by atoms with Gasteiger partial charge in [-0.15, -0.1) is 34.0 Å². The summed E-state index contributed by atoms with van der Waals surface area (Å²) < 4.78 is 8.35. The monoisotopic (exact) mass is 714 g/mol. The maximum absolute atomic E-state index is 2.44. The fourth-order valence-electron chi connectivity index (χ4n) is 8.76. The average molecular weight is 715 g/mol. The quantitative estimate of drug-likeness (QED) is 0.137. The summed E-state index contributed by atoms with van der Waals surface area (Å²) in [5.41, 5.74) is 0. The highest BCUT2D eigenvalue weighted by Crippen LogP contribution is 2.58. The Balaban J connectivity index is 1.56. The van der Waals surface area contributed by atoms with E-state index in [0.29, 0.717) is 0 Å². The van der Waals surface area contributed by atoms with Gasteiger partial charge in [0.25, 0.3) is 0 Å². The lowest BCUT2D eigenvalue weighted by atomic mass is 9.84. The number of fused-ring (bicyclic) bond motifs is 27. The highest BCUT2D eigenvalue weighted by atomic mass is 32.1. The molecule has 0 nitrogen and oxygen atoms in total. The van der Waals surface area contributed by atoms with Crippen LogP contribution in [0.5, 0.6) is 0 Å². The third-order valence-electron chi connectivity index (χ3n) is 10.6. The molecule has 222 valence electrons. The molecule has 48 heavy (non-hydrogen) atoms. The van der Waals surface area contributed by atoms with E-state index in [1.165, 1.54) is 125 Å². The second-order valence-electron chi connectivity index (χ2n) is 12.8. The number of hydrogen-bond donors (Lipinski definition) is 0. The molecular formula is C42H18S6. The maximum atomic E-state index is 2.44. The molecule has 6 heteroatoms. The van der Waals surface area contributed by atoms with Gasteiger partial charge in [-0.3, -0.25) is 0 Å². The van der Waals surface area contributed by atoms with Gasteiger partial charge in [0.05, 0.1) is 0 Å². The molecule has 0 saturated carbocycles. The Labute approximate surface area is 295 Å². The van der Waals surface area contributed by atoms with Crippen molar-refractivity contribution in [2.45, 2.75) is 0 Å². The molecule has 6 heterocycles. The standard InChI is InChI=1S/C42H18S6/c1-4-10-28-19(7-1)34-37-31(22-13-43-16-25(22)40(34)46-28)38-33(24-15-45-18-27(24)42-35(38)20-8-2-6-12-30(20)48-42)39-32(37)23-14-44-17-26(23)41-36(39)21-9-3-5-11-29(21)47-41/h1-18H. The molecule has 7 aromatic carbocycles. The normalized spacial score (nSPS) is 13.0. The zero-order valence-corrected chi connectivity index (χ0v) is 29.7. The predicted molar refractivity (Wildman–Crippen MR) is 224 cm³/mol. The van der Waals surface area contributed by atoms with Crippen molar-refractivity contribution in [1.29, 1.82) is 0 Å². The fraction of sp³-hybridized carbons (Fsp3) is 0. The van der Waals surface area contributed by atoms with Gasteiger partial charge in [0.2, 0.25) is 0 Å². The number of hydrogen-bond acceptors (Lipinski definition) is 6. The molecular weight excluding hydrogens is 697 g/mol. The van der Waals surface area contributed by atoms with Crippen molar-refractivity contribution < 1.29 is 0 Å². The van der Waals surface area contributed by atoms with Gasteiger partial charge < -0.3 is 0 Å². The number of benzene rings is 7. The Morgan fingerprint density at radius 2 is 0.542 bits per heavy atom. The van der Waals surface area contributed by atoms with Crippen LogP contribution in [0.1, 0.15) is 0 Å². The van der Waals surface area contributed by atoms with Gasteiger partial charge in [0, 0.05) is 141 Å². The summed E-state index contributed by atoms with van der Waals surface area (Å²) in [6.07, 6.45) is 0. The fourth-order valence-corrected chi connectivity index (χ4v) is 15.2. The van der Waals surface area contributed by atoms with Crippen LogP contribution in [0.25, 0.3) is 125 Å². The summed E-state index contributed by atoms with van der Waals surface area (Å²) in [6.45, 7) is 0. The first-order valence-electron chi connectivity index (χ1n) is 15.9. The van der Waals surface area contributed by atoms with Crippen molar-refractivity contribution in [3.8, 4) is 0 Å². The first-order chi connectivity index (χ1) is 23.8. The first kappa shape index (κ1) is 25.8. The molecule has 0 N–H and O–H groups in total. The highest BCUT2D eigenvalue weighted by molar-refractivity contribution is 7.28. The molecule has 0 spiro atoms. The van der Waals surface area contributed by atoms with Crippen LogP contribution in [0.4, 0.5) is 0 Å². The molecule has 0 unspecified atom stereocenters. The summed E-state index contributed by atoms with van der Waals surface area (Å²) in [6, 6.07) is 27.3. The van der Waals surface area contributed by atoms with Crippen molar-refractivity contribution in [3.05, 3.63) is 105 Å². The molecule has 13 rings (SSSR count). The molecule has 0 atom stereocenters. The topological polar surface area (TPSA) is 0 Å². The van der Waals surface area contributed by atoms with Crippen molar-refractivity contribution >= 4 is 193 Å². The summed E-state index contributed by atoms with van der Waals surface area (Å²) in [4.78, 5) is 0. The van der Waals surface area contributed by atoms with Crippen molar-refractivity contribution in [2.24, 2.45) is 0 Å². The van der Waals surface area contributed by atoms with E-state index in [9.17, 15) is 0 Å². The molecule has 0 fully saturated rings. The Kier molecular flexibility index (Phi) is 4.79. The molecule has 0 bridgehead atoms. The molecule has 0 aliphatic carbocycles. The first-order valence-corrected chi connectivity index (χ1v) is 21.1. The SMILES string of the molecule is c1ccc2c(c1)sc1c3cscc3c3c(c21)c1c2cscc2c2sc4ccccc4c2c1c1c2cscc2c2sc4ccccc4c2c31. The van der Waals surface area contributed by atoms with Gasteiger partial charge >= 0.3 is 0 Å².